The lowest BCUT2D eigenvalue weighted by Crippen LogP contribution is -2.23. The van der Waals surface area contributed by atoms with Crippen LogP contribution in [0.15, 0.2) is 40.9 Å². The van der Waals surface area contributed by atoms with Crippen molar-refractivity contribution >= 4 is 27.5 Å². The van der Waals surface area contributed by atoms with Gasteiger partial charge in [0.15, 0.2) is 11.6 Å². The molecule has 2 rings (SSSR count). The van der Waals surface area contributed by atoms with Gasteiger partial charge in [-0.15, -0.1) is 0 Å². The smallest absolute Gasteiger partial charge is 0.170 e. The molecule has 0 bridgehead atoms. The van der Waals surface area contributed by atoms with Crippen LogP contribution in [0.2, 0.25) is 5.02 Å². The molecule has 1 N–H and O–H groups in total. The Morgan fingerprint density at radius 2 is 2.10 bits per heavy atom. The molecule has 0 aliphatic heterocycles. The Balaban J connectivity index is 2.50. The van der Waals surface area contributed by atoms with Crippen molar-refractivity contribution in [3.05, 3.63) is 62.8 Å². The van der Waals surface area contributed by atoms with Gasteiger partial charge in [-0.25, -0.2) is 4.39 Å². The van der Waals surface area contributed by atoms with E-state index in [1.165, 1.54) is 7.11 Å². The minimum atomic E-state index is -0.350. The second kappa shape index (κ2) is 7.25. The second-order valence-corrected chi connectivity index (χ2v) is 5.79. The summed E-state index contributed by atoms with van der Waals surface area (Å²) in [5.74, 6) is -0.111. The van der Waals surface area contributed by atoms with Crippen molar-refractivity contribution in [2.45, 2.75) is 13.0 Å². The van der Waals surface area contributed by atoms with Gasteiger partial charge in [0.2, 0.25) is 0 Å². The standard InChI is InChI=1S/C16H16BrClFNO/c1-3-20-16(10-7-8-13(18)12(17)9-10)11-5-4-6-14(21-2)15(11)19/h4-9,16,20H,3H2,1-2H3. The van der Waals surface area contributed by atoms with Crippen LogP contribution >= 0.6 is 27.5 Å². The van der Waals surface area contributed by atoms with E-state index in [1.807, 2.05) is 19.1 Å². The second-order valence-electron chi connectivity index (χ2n) is 4.53. The van der Waals surface area contributed by atoms with E-state index < -0.39 is 0 Å². The highest BCUT2D eigenvalue weighted by Gasteiger charge is 2.20. The van der Waals surface area contributed by atoms with Crippen LogP contribution < -0.4 is 10.1 Å². The number of halogens is 3. The molecule has 0 saturated carbocycles. The Labute approximate surface area is 137 Å². The highest BCUT2D eigenvalue weighted by Crippen LogP contribution is 2.32. The molecule has 5 heteroatoms. The zero-order valence-electron chi connectivity index (χ0n) is 11.8. The van der Waals surface area contributed by atoms with E-state index in [4.69, 9.17) is 16.3 Å². The normalized spacial score (nSPS) is 12.2. The largest absolute Gasteiger partial charge is 0.494 e. The fraction of sp³-hybridized carbons (Fsp3) is 0.250. The van der Waals surface area contributed by atoms with Gasteiger partial charge in [0.25, 0.3) is 0 Å². The molecule has 0 spiro atoms. The summed E-state index contributed by atoms with van der Waals surface area (Å²) in [5.41, 5.74) is 1.48. The predicted octanol–water partition coefficient (Wildman–Crippen LogP) is 4.95. The Hall–Kier alpha value is -1.10. The molecule has 0 aliphatic rings. The lowest BCUT2D eigenvalue weighted by Gasteiger charge is -2.21. The first kappa shape index (κ1) is 16.3. The molecule has 2 aromatic carbocycles. The highest BCUT2D eigenvalue weighted by atomic mass is 79.9. The number of rotatable bonds is 5. The third kappa shape index (κ3) is 3.57. The summed E-state index contributed by atoms with van der Waals surface area (Å²) < 4.78 is 20.4. The molecule has 0 saturated heterocycles. The van der Waals surface area contributed by atoms with Gasteiger partial charge in [0, 0.05) is 10.0 Å². The van der Waals surface area contributed by atoms with Gasteiger partial charge in [-0.05, 0) is 46.2 Å². The third-order valence-electron chi connectivity index (χ3n) is 3.21. The van der Waals surface area contributed by atoms with Crippen LogP contribution in [-0.4, -0.2) is 13.7 Å². The average Bonchev–Trinajstić information content (AvgIpc) is 2.48. The number of ether oxygens (including phenoxy) is 1. The molecule has 112 valence electrons. The molecule has 0 aromatic heterocycles. The van der Waals surface area contributed by atoms with E-state index in [2.05, 4.69) is 21.2 Å². The first-order valence-corrected chi connectivity index (χ1v) is 7.76. The topological polar surface area (TPSA) is 21.3 Å². The Morgan fingerprint density at radius 3 is 2.71 bits per heavy atom. The van der Waals surface area contributed by atoms with Crippen molar-refractivity contribution in [2.24, 2.45) is 0 Å². The molecular weight excluding hydrogens is 357 g/mol. The molecule has 0 radical (unpaired) electrons. The molecule has 2 nitrogen and oxygen atoms in total. The monoisotopic (exact) mass is 371 g/mol. The van der Waals surface area contributed by atoms with Crippen molar-refractivity contribution in [3.8, 4) is 5.75 Å². The fourth-order valence-electron chi connectivity index (χ4n) is 2.21. The van der Waals surface area contributed by atoms with E-state index in [9.17, 15) is 4.39 Å². The lowest BCUT2D eigenvalue weighted by molar-refractivity contribution is 0.381. The SMILES string of the molecule is CCNC(c1ccc(Cl)c(Br)c1)c1cccc(OC)c1F. The van der Waals surface area contributed by atoms with Crippen LogP contribution in [0.4, 0.5) is 4.39 Å². The van der Waals surface area contributed by atoms with Gasteiger partial charge in [0.05, 0.1) is 18.2 Å². The summed E-state index contributed by atoms with van der Waals surface area (Å²) in [6, 6.07) is 10.5. The molecule has 0 aliphatic carbocycles. The van der Waals surface area contributed by atoms with Gasteiger partial charge in [-0.2, -0.15) is 0 Å². The first-order chi connectivity index (χ1) is 10.1. The summed E-state index contributed by atoms with van der Waals surface area (Å²) in [5, 5.41) is 3.92. The van der Waals surface area contributed by atoms with E-state index in [-0.39, 0.29) is 17.6 Å². The maximum Gasteiger partial charge on any atom is 0.170 e. The maximum absolute atomic E-state index is 14.5. The molecular formula is C16H16BrClFNO. The lowest BCUT2D eigenvalue weighted by atomic mass is 9.98. The zero-order chi connectivity index (χ0) is 15.4. The van der Waals surface area contributed by atoms with E-state index >= 15 is 0 Å². The number of hydrogen-bond acceptors (Lipinski definition) is 2. The molecule has 0 heterocycles. The fourth-order valence-corrected chi connectivity index (χ4v) is 2.73. The predicted molar refractivity (Wildman–Crippen MR) is 87.6 cm³/mol. The molecule has 1 unspecified atom stereocenters. The molecule has 21 heavy (non-hydrogen) atoms. The average molecular weight is 373 g/mol. The number of nitrogens with one attached hydrogen (secondary N) is 1. The van der Waals surface area contributed by atoms with Crippen LogP contribution in [0.5, 0.6) is 5.75 Å². The van der Waals surface area contributed by atoms with Crippen LogP contribution in [0.1, 0.15) is 24.1 Å². The van der Waals surface area contributed by atoms with Gasteiger partial charge < -0.3 is 10.1 Å². The Bertz CT molecular complexity index is 636. The van der Waals surface area contributed by atoms with Crippen LogP contribution in [0, 0.1) is 5.82 Å². The maximum atomic E-state index is 14.5. The zero-order valence-corrected chi connectivity index (χ0v) is 14.1. The molecule has 0 amide bonds. The first-order valence-electron chi connectivity index (χ1n) is 6.59. The van der Waals surface area contributed by atoms with Crippen molar-refractivity contribution in [2.75, 3.05) is 13.7 Å². The summed E-state index contributed by atoms with van der Waals surface area (Å²) in [6.45, 7) is 2.69. The third-order valence-corrected chi connectivity index (χ3v) is 4.42. The minimum Gasteiger partial charge on any atom is -0.494 e. The number of hydrogen-bond donors (Lipinski definition) is 1. The number of methoxy groups -OCH3 is 1. The summed E-state index contributed by atoms with van der Waals surface area (Å²) >= 11 is 9.43. The summed E-state index contributed by atoms with van der Waals surface area (Å²) in [7, 11) is 1.46. The van der Waals surface area contributed by atoms with Gasteiger partial charge in [-0.1, -0.05) is 36.7 Å². The Kier molecular flexibility index (Phi) is 5.62. The summed E-state index contributed by atoms with van der Waals surface area (Å²) in [4.78, 5) is 0. The van der Waals surface area contributed by atoms with Crippen molar-refractivity contribution in [1.82, 2.24) is 5.32 Å². The van der Waals surface area contributed by atoms with Crippen LogP contribution in [0.3, 0.4) is 0 Å². The quantitative estimate of drug-likeness (QED) is 0.802. The van der Waals surface area contributed by atoms with Crippen LogP contribution in [-0.2, 0) is 0 Å². The van der Waals surface area contributed by atoms with E-state index in [0.717, 1.165) is 10.0 Å². The van der Waals surface area contributed by atoms with Crippen molar-refractivity contribution in [3.63, 3.8) is 0 Å². The van der Waals surface area contributed by atoms with Gasteiger partial charge >= 0.3 is 0 Å². The number of benzene rings is 2. The van der Waals surface area contributed by atoms with Crippen molar-refractivity contribution < 1.29 is 9.13 Å². The minimum absolute atomic E-state index is 0.239. The molecule has 2 aromatic rings. The van der Waals surface area contributed by atoms with E-state index in [1.54, 1.807) is 24.3 Å². The van der Waals surface area contributed by atoms with Gasteiger partial charge in [-0.3, -0.25) is 0 Å². The van der Waals surface area contributed by atoms with Crippen molar-refractivity contribution in [1.29, 1.82) is 0 Å². The molecule has 0 fully saturated rings. The van der Waals surface area contributed by atoms with Gasteiger partial charge in [0.1, 0.15) is 0 Å². The highest BCUT2D eigenvalue weighted by molar-refractivity contribution is 9.10. The van der Waals surface area contributed by atoms with E-state index in [0.29, 0.717) is 17.1 Å². The van der Waals surface area contributed by atoms with Crippen LogP contribution in [0.25, 0.3) is 0 Å². The summed E-state index contributed by atoms with van der Waals surface area (Å²) in [6.07, 6.45) is 0. The molecule has 1 atom stereocenters. The Morgan fingerprint density at radius 1 is 1.33 bits per heavy atom.